The first-order valence-corrected chi connectivity index (χ1v) is 8.31. The van der Waals surface area contributed by atoms with E-state index in [-0.39, 0.29) is 11.5 Å². The van der Waals surface area contributed by atoms with Crippen LogP contribution in [0.3, 0.4) is 0 Å². The monoisotopic (exact) mass is 301 g/mol. The van der Waals surface area contributed by atoms with Crippen LogP contribution in [-0.4, -0.2) is 20.1 Å². The van der Waals surface area contributed by atoms with Gasteiger partial charge in [-0.15, -0.1) is 0 Å². The molecule has 112 valence electrons. The van der Waals surface area contributed by atoms with Crippen LogP contribution in [0.2, 0.25) is 0 Å². The fraction of sp³-hybridized carbons (Fsp3) is 0.571. The maximum absolute atomic E-state index is 13.8. The van der Waals surface area contributed by atoms with Crippen molar-refractivity contribution in [3.8, 4) is 0 Å². The third-order valence-electron chi connectivity index (χ3n) is 4.04. The van der Waals surface area contributed by atoms with Gasteiger partial charge in [-0.25, -0.2) is 17.5 Å². The molecular formula is C14H20FNO3S. The predicted molar refractivity (Wildman–Crippen MR) is 74.0 cm³/mol. The molecule has 4 nitrogen and oxygen atoms in total. The smallest absolute Gasteiger partial charge is 0.243 e. The second kappa shape index (κ2) is 6.20. The van der Waals surface area contributed by atoms with Crippen LogP contribution in [-0.2, 0) is 16.6 Å². The van der Waals surface area contributed by atoms with Crippen molar-refractivity contribution in [3.63, 3.8) is 0 Å². The molecule has 0 amide bonds. The number of aliphatic hydroxyl groups is 1. The van der Waals surface area contributed by atoms with Crippen molar-refractivity contribution in [1.29, 1.82) is 0 Å². The van der Waals surface area contributed by atoms with E-state index in [4.69, 9.17) is 5.11 Å². The van der Waals surface area contributed by atoms with Crippen molar-refractivity contribution < 1.29 is 17.9 Å². The average molecular weight is 301 g/mol. The Morgan fingerprint density at radius 2 is 2.15 bits per heavy atom. The lowest BCUT2D eigenvalue weighted by Crippen LogP contribution is -2.31. The Balaban J connectivity index is 2.10. The summed E-state index contributed by atoms with van der Waals surface area (Å²) in [6.07, 6.45) is 3.24. The highest BCUT2D eigenvalue weighted by atomic mass is 32.2. The van der Waals surface area contributed by atoms with Gasteiger partial charge < -0.3 is 5.11 Å². The first-order valence-electron chi connectivity index (χ1n) is 6.83. The van der Waals surface area contributed by atoms with Gasteiger partial charge in [0.05, 0.1) is 6.61 Å². The standard InChI is InChI=1S/C14H20FNO3S/c1-10-3-2-4-12(10)8-16-20(18,19)14-6-5-11(9-17)7-13(14)15/h5-7,10,12,16-17H,2-4,8-9H2,1H3. The number of halogens is 1. The maximum atomic E-state index is 13.8. The highest BCUT2D eigenvalue weighted by Crippen LogP contribution is 2.30. The molecule has 1 aromatic rings. The summed E-state index contributed by atoms with van der Waals surface area (Å²) in [4.78, 5) is -0.361. The van der Waals surface area contributed by atoms with E-state index in [2.05, 4.69) is 11.6 Å². The van der Waals surface area contributed by atoms with E-state index in [0.717, 1.165) is 25.3 Å². The lowest BCUT2D eigenvalue weighted by Gasteiger charge is -2.16. The number of benzene rings is 1. The van der Waals surface area contributed by atoms with Gasteiger partial charge in [0.15, 0.2) is 0 Å². The fourth-order valence-electron chi connectivity index (χ4n) is 2.68. The second-order valence-corrected chi connectivity index (χ2v) is 7.18. The summed E-state index contributed by atoms with van der Waals surface area (Å²) in [5.74, 6) is -0.00705. The number of rotatable bonds is 5. The first kappa shape index (κ1) is 15.4. The van der Waals surface area contributed by atoms with Crippen molar-refractivity contribution in [2.24, 2.45) is 11.8 Å². The van der Waals surface area contributed by atoms with Gasteiger partial charge in [-0.2, -0.15) is 0 Å². The van der Waals surface area contributed by atoms with E-state index in [9.17, 15) is 12.8 Å². The summed E-state index contributed by atoms with van der Waals surface area (Å²) in [5.41, 5.74) is 0.353. The molecule has 2 unspecified atom stereocenters. The summed E-state index contributed by atoms with van der Waals surface area (Å²) in [5, 5.41) is 8.90. The van der Waals surface area contributed by atoms with Gasteiger partial charge in [0.2, 0.25) is 10.0 Å². The van der Waals surface area contributed by atoms with Gasteiger partial charge in [-0.3, -0.25) is 0 Å². The van der Waals surface area contributed by atoms with E-state index >= 15 is 0 Å². The zero-order chi connectivity index (χ0) is 14.8. The lowest BCUT2D eigenvalue weighted by molar-refractivity contribution is 0.281. The average Bonchev–Trinajstić information content (AvgIpc) is 2.81. The Morgan fingerprint density at radius 3 is 2.70 bits per heavy atom. The summed E-state index contributed by atoms with van der Waals surface area (Å²) in [6.45, 7) is 2.15. The van der Waals surface area contributed by atoms with Gasteiger partial charge in [-0.1, -0.05) is 25.8 Å². The minimum atomic E-state index is -3.83. The van der Waals surface area contributed by atoms with Gasteiger partial charge in [-0.05, 0) is 36.0 Å². The van der Waals surface area contributed by atoms with Gasteiger partial charge in [0.25, 0.3) is 0 Å². The molecule has 2 rings (SSSR count). The molecule has 0 aliphatic heterocycles. The van der Waals surface area contributed by atoms with Crippen LogP contribution in [0.4, 0.5) is 4.39 Å². The molecule has 0 saturated heterocycles. The fourth-order valence-corrected chi connectivity index (χ4v) is 3.83. The number of hydrogen-bond donors (Lipinski definition) is 2. The molecular weight excluding hydrogens is 281 g/mol. The van der Waals surface area contributed by atoms with Crippen molar-refractivity contribution >= 4 is 10.0 Å². The number of hydrogen-bond acceptors (Lipinski definition) is 3. The van der Waals surface area contributed by atoms with Crippen LogP contribution in [0.1, 0.15) is 31.7 Å². The molecule has 0 spiro atoms. The van der Waals surface area contributed by atoms with Crippen molar-refractivity contribution in [1.82, 2.24) is 4.72 Å². The van der Waals surface area contributed by atoms with Gasteiger partial charge >= 0.3 is 0 Å². The van der Waals surface area contributed by atoms with E-state index in [0.29, 0.717) is 23.9 Å². The number of sulfonamides is 1. The molecule has 20 heavy (non-hydrogen) atoms. The Kier molecular flexibility index (Phi) is 4.78. The quantitative estimate of drug-likeness (QED) is 0.874. The molecule has 0 bridgehead atoms. The van der Waals surface area contributed by atoms with E-state index in [1.54, 1.807) is 0 Å². The summed E-state index contributed by atoms with van der Waals surface area (Å²) in [7, 11) is -3.83. The third-order valence-corrected chi connectivity index (χ3v) is 5.50. The van der Waals surface area contributed by atoms with Crippen LogP contribution in [0.5, 0.6) is 0 Å². The van der Waals surface area contributed by atoms with Crippen LogP contribution in [0.15, 0.2) is 23.1 Å². The third kappa shape index (κ3) is 3.37. The molecule has 1 saturated carbocycles. The minimum absolute atomic E-state index is 0.315. The van der Waals surface area contributed by atoms with Gasteiger partial charge in [0, 0.05) is 6.54 Å². The van der Waals surface area contributed by atoms with Crippen molar-refractivity contribution in [3.05, 3.63) is 29.6 Å². The highest BCUT2D eigenvalue weighted by molar-refractivity contribution is 7.89. The van der Waals surface area contributed by atoms with E-state index in [1.165, 1.54) is 12.1 Å². The number of aliphatic hydroxyl groups excluding tert-OH is 1. The molecule has 0 aromatic heterocycles. The Bertz CT molecular complexity index is 574. The lowest BCUT2D eigenvalue weighted by atomic mass is 9.99. The minimum Gasteiger partial charge on any atom is -0.392 e. The van der Waals surface area contributed by atoms with Crippen LogP contribution >= 0.6 is 0 Å². The van der Waals surface area contributed by atoms with Crippen LogP contribution < -0.4 is 4.72 Å². The molecule has 1 aliphatic rings. The zero-order valence-corrected chi connectivity index (χ0v) is 12.3. The molecule has 1 fully saturated rings. The Morgan fingerprint density at radius 1 is 1.40 bits per heavy atom. The summed E-state index contributed by atoms with van der Waals surface area (Å²) >= 11 is 0. The first-order chi connectivity index (χ1) is 9.44. The summed E-state index contributed by atoms with van der Waals surface area (Å²) < 4.78 is 40.5. The second-order valence-electron chi connectivity index (χ2n) is 5.44. The SMILES string of the molecule is CC1CCCC1CNS(=O)(=O)c1ccc(CO)cc1F. The van der Waals surface area contributed by atoms with Gasteiger partial charge in [0.1, 0.15) is 10.7 Å². The molecule has 2 atom stereocenters. The van der Waals surface area contributed by atoms with E-state index in [1.807, 2.05) is 0 Å². The van der Waals surface area contributed by atoms with Crippen molar-refractivity contribution in [2.45, 2.75) is 37.7 Å². The molecule has 1 aromatic carbocycles. The van der Waals surface area contributed by atoms with Crippen molar-refractivity contribution in [2.75, 3.05) is 6.54 Å². The predicted octanol–water partition coefficient (Wildman–Crippen LogP) is 2.03. The normalized spacial score (nSPS) is 23.1. The largest absolute Gasteiger partial charge is 0.392 e. The van der Waals surface area contributed by atoms with E-state index < -0.39 is 15.8 Å². The zero-order valence-electron chi connectivity index (χ0n) is 11.5. The molecule has 6 heteroatoms. The maximum Gasteiger partial charge on any atom is 0.243 e. The van der Waals surface area contributed by atoms with Crippen LogP contribution in [0, 0.1) is 17.7 Å². The molecule has 0 heterocycles. The Labute approximate surface area is 119 Å². The molecule has 2 N–H and O–H groups in total. The molecule has 0 radical (unpaired) electrons. The summed E-state index contributed by atoms with van der Waals surface area (Å²) in [6, 6.07) is 3.66. The molecule has 1 aliphatic carbocycles. The Hall–Kier alpha value is -0.980. The highest BCUT2D eigenvalue weighted by Gasteiger charge is 2.26. The van der Waals surface area contributed by atoms with Crippen LogP contribution in [0.25, 0.3) is 0 Å². The number of nitrogens with one attached hydrogen (secondary N) is 1. The topological polar surface area (TPSA) is 66.4 Å².